The van der Waals surface area contributed by atoms with Crippen LogP contribution in [0.15, 0.2) is 29.2 Å². The van der Waals surface area contributed by atoms with Crippen LogP contribution in [0.4, 0.5) is 5.69 Å². The van der Waals surface area contributed by atoms with Crippen LogP contribution in [0.25, 0.3) is 0 Å². The van der Waals surface area contributed by atoms with E-state index in [2.05, 4.69) is 17.0 Å². The zero-order valence-corrected chi connectivity index (χ0v) is 9.80. The highest BCUT2D eigenvalue weighted by Gasteiger charge is 2.10. The molecule has 15 heavy (non-hydrogen) atoms. The maximum absolute atomic E-state index is 5.88. The van der Waals surface area contributed by atoms with Crippen LogP contribution in [0, 0.1) is 0 Å². The van der Waals surface area contributed by atoms with E-state index >= 15 is 0 Å². The van der Waals surface area contributed by atoms with Crippen molar-refractivity contribution in [1.82, 2.24) is 4.90 Å². The third kappa shape index (κ3) is 3.14. The first kappa shape index (κ1) is 10.8. The predicted molar refractivity (Wildman–Crippen MR) is 67.3 cm³/mol. The molecule has 0 saturated carbocycles. The molecule has 82 valence electrons. The Labute approximate surface area is 95.8 Å². The SMILES string of the molecule is Nc1ccccc1SCCN1CCCC1. The molecule has 1 aliphatic heterocycles. The van der Waals surface area contributed by atoms with Crippen molar-refractivity contribution in [2.45, 2.75) is 17.7 Å². The summed E-state index contributed by atoms with van der Waals surface area (Å²) in [5.41, 5.74) is 6.79. The summed E-state index contributed by atoms with van der Waals surface area (Å²) in [5, 5.41) is 0. The van der Waals surface area contributed by atoms with Crippen molar-refractivity contribution in [3.63, 3.8) is 0 Å². The number of anilines is 1. The molecule has 1 aromatic rings. The molecule has 0 unspecified atom stereocenters. The number of nitrogen functional groups attached to an aromatic ring is 1. The normalized spacial score (nSPS) is 17.1. The molecule has 2 nitrogen and oxygen atoms in total. The van der Waals surface area contributed by atoms with Crippen LogP contribution in [0.2, 0.25) is 0 Å². The van der Waals surface area contributed by atoms with Crippen molar-refractivity contribution in [3.8, 4) is 0 Å². The van der Waals surface area contributed by atoms with Gasteiger partial charge in [-0.2, -0.15) is 0 Å². The lowest BCUT2D eigenvalue weighted by molar-refractivity contribution is 0.362. The van der Waals surface area contributed by atoms with Crippen molar-refractivity contribution in [3.05, 3.63) is 24.3 Å². The van der Waals surface area contributed by atoms with Crippen molar-refractivity contribution in [2.75, 3.05) is 31.1 Å². The van der Waals surface area contributed by atoms with Crippen molar-refractivity contribution in [1.29, 1.82) is 0 Å². The van der Waals surface area contributed by atoms with E-state index in [0.717, 1.165) is 11.4 Å². The third-order valence-electron chi connectivity index (χ3n) is 2.78. The highest BCUT2D eigenvalue weighted by molar-refractivity contribution is 7.99. The minimum atomic E-state index is 0.906. The maximum atomic E-state index is 5.88. The molecule has 0 bridgehead atoms. The average Bonchev–Trinajstić information content (AvgIpc) is 2.74. The zero-order valence-electron chi connectivity index (χ0n) is 8.98. The predicted octanol–water partition coefficient (Wildman–Crippen LogP) is 2.46. The fourth-order valence-electron chi connectivity index (χ4n) is 1.90. The van der Waals surface area contributed by atoms with Gasteiger partial charge in [-0.15, -0.1) is 11.8 Å². The Morgan fingerprint density at radius 2 is 1.93 bits per heavy atom. The molecular formula is C12H18N2S. The molecule has 0 atom stereocenters. The lowest BCUT2D eigenvalue weighted by Gasteiger charge is -2.14. The largest absolute Gasteiger partial charge is 0.398 e. The molecule has 1 aromatic carbocycles. The first-order valence-electron chi connectivity index (χ1n) is 5.56. The topological polar surface area (TPSA) is 29.3 Å². The summed E-state index contributed by atoms with van der Waals surface area (Å²) in [5.74, 6) is 1.15. The van der Waals surface area contributed by atoms with Gasteiger partial charge in [0.15, 0.2) is 0 Å². The number of nitrogens with two attached hydrogens (primary N) is 1. The lowest BCUT2D eigenvalue weighted by atomic mass is 10.3. The van der Waals surface area contributed by atoms with Gasteiger partial charge in [-0.3, -0.25) is 0 Å². The molecule has 1 heterocycles. The lowest BCUT2D eigenvalue weighted by Crippen LogP contribution is -2.21. The van der Waals surface area contributed by atoms with Crippen LogP contribution in [-0.4, -0.2) is 30.3 Å². The van der Waals surface area contributed by atoms with Crippen molar-refractivity contribution in [2.24, 2.45) is 0 Å². The maximum Gasteiger partial charge on any atom is 0.0452 e. The summed E-state index contributed by atoms with van der Waals surface area (Å²) in [4.78, 5) is 3.75. The zero-order chi connectivity index (χ0) is 10.5. The van der Waals surface area contributed by atoms with Gasteiger partial charge in [-0.05, 0) is 38.1 Å². The number of benzene rings is 1. The van der Waals surface area contributed by atoms with Gasteiger partial charge in [-0.25, -0.2) is 0 Å². The highest BCUT2D eigenvalue weighted by atomic mass is 32.2. The Kier molecular flexibility index (Phi) is 3.92. The van der Waals surface area contributed by atoms with Crippen LogP contribution in [0.5, 0.6) is 0 Å². The average molecular weight is 222 g/mol. The Morgan fingerprint density at radius 1 is 1.20 bits per heavy atom. The fraction of sp³-hybridized carbons (Fsp3) is 0.500. The number of nitrogens with zero attached hydrogens (tertiary/aromatic N) is 1. The second kappa shape index (κ2) is 5.42. The van der Waals surface area contributed by atoms with E-state index in [0.29, 0.717) is 0 Å². The third-order valence-corrected chi connectivity index (χ3v) is 3.85. The summed E-state index contributed by atoms with van der Waals surface area (Å²) < 4.78 is 0. The number of para-hydroxylation sites is 1. The smallest absolute Gasteiger partial charge is 0.0452 e. The van der Waals surface area contributed by atoms with Gasteiger partial charge in [0.2, 0.25) is 0 Å². The summed E-state index contributed by atoms with van der Waals surface area (Å²) in [6.45, 7) is 3.76. The van der Waals surface area contributed by atoms with E-state index in [9.17, 15) is 0 Å². The van der Waals surface area contributed by atoms with Crippen LogP contribution >= 0.6 is 11.8 Å². The number of hydrogen-bond acceptors (Lipinski definition) is 3. The minimum absolute atomic E-state index is 0.906. The quantitative estimate of drug-likeness (QED) is 0.627. The van der Waals surface area contributed by atoms with Crippen LogP contribution in [0.1, 0.15) is 12.8 Å². The van der Waals surface area contributed by atoms with Gasteiger partial charge < -0.3 is 10.6 Å². The van der Waals surface area contributed by atoms with Crippen molar-refractivity contribution < 1.29 is 0 Å². The monoisotopic (exact) mass is 222 g/mol. The first-order valence-corrected chi connectivity index (χ1v) is 6.54. The molecule has 3 heteroatoms. The number of thioether (sulfide) groups is 1. The van der Waals surface area contributed by atoms with Crippen molar-refractivity contribution >= 4 is 17.4 Å². The van der Waals surface area contributed by atoms with E-state index < -0.39 is 0 Å². The molecule has 0 aromatic heterocycles. The van der Waals surface area contributed by atoms with Crippen LogP contribution in [0.3, 0.4) is 0 Å². The summed E-state index contributed by atoms with van der Waals surface area (Å²) in [6.07, 6.45) is 2.75. The molecule has 0 aliphatic carbocycles. The van der Waals surface area contributed by atoms with E-state index in [1.54, 1.807) is 0 Å². The van der Waals surface area contributed by atoms with E-state index in [1.807, 2.05) is 23.9 Å². The standard InChI is InChI=1S/C12H18N2S/c13-11-5-1-2-6-12(11)15-10-9-14-7-3-4-8-14/h1-2,5-6H,3-4,7-10,13H2. The van der Waals surface area contributed by atoms with Gasteiger partial charge in [0.1, 0.15) is 0 Å². The summed E-state index contributed by atoms with van der Waals surface area (Å²) >= 11 is 1.87. The molecule has 1 saturated heterocycles. The summed E-state index contributed by atoms with van der Waals surface area (Å²) in [7, 11) is 0. The number of likely N-dealkylation sites (tertiary alicyclic amines) is 1. The van der Waals surface area contributed by atoms with Crippen LogP contribution < -0.4 is 5.73 Å². The van der Waals surface area contributed by atoms with Crippen LogP contribution in [-0.2, 0) is 0 Å². The molecule has 0 spiro atoms. The highest BCUT2D eigenvalue weighted by Crippen LogP contribution is 2.24. The summed E-state index contributed by atoms with van der Waals surface area (Å²) in [6, 6.07) is 8.11. The second-order valence-electron chi connectivity index (χ2n) is 3.94. The van der Waals surface area contributed by atoms with Gasteiger partial charge in [-0.1, -0.05) is 12.1 Å². The molecule has 1 aliphatic rings. The second-order valence-corrected chi connectivity index (χ2v) is 5.07. The number of rotatable bonds is 4. The molecular weight excluding hydrogens is 204 g/mol. The molecule has 0 radical (unpaired) electrons. The minimum Gasteiger partial charge on any atom is -0.398 e. The van der Waals surface area contributed by atoms with Gasteiger partial charge in [0.05, 0.1) is 0 Å². The first-order chi connectivity index (χ1) is 7.36. The molecule has 1 fully saturated rings. The Hall–Kier alpha value is -0.670. The Balaban J connectivity index is 1.75. The number of hydrogen-bond donors (Lipinski definition) is 1. The molecule has 2 N–H and O–H groups in total. The van der Waals surface area contributed by atoms with E-state index in [1.165, 1.54) is 37.4 Å². The van der Waals surface area contributed by atoms with E-state index in [-0.39, 0.29) is 0 Å². The molecule has 2 rings (SSSR count). The van der Waals surface area contributed by atoms with E-state index in [4.69, 9.17) is 5.73 Å². The Morgan fingerprint density at radius 3 is 2.67 bits per heavy atom. The van der Waals surface area contributed by atoms with Gasteiger partial charge in [0.25, 0.3) is 0 Å². The Bertz CT molecular complexity index is 308. The van der Waals surface area contributed by atoms with Gasteiger partial charge >= 0.3 is 0 Å². The fourth-order valence-corrected chi connectivity index (χ4v) is 2.88. The molecule has 0 amide bonds. The van der Waals surface area contributed by atoms with Gasteiger partial charge in [0, 0.05) is 22.9 Å².